The smallest absolute Gasteiger partial charge is 0.0791 e. The number of hydrogen-bond donors (Lipinski definition) is 2. The van der Waals surface area contributed by atoms with Crippen molar-refractivity contribution < 1.29 is 9.84 Å². The van der Waals surface area contributed by atoms with Crippen molar-refractivity contribution in [1.29, 1.82) is 0 Å². The summed E-state index contributed by atoms with van der Waals surface area (Å²) in [6, 6.07) is 0. The van der Waals surface area contributed by atoms with Gasteiger partial charge in [0.1, 0.15) is 0 Å². The topological polar surface area (TPSA) is 44.7 Å². The van der Waals surface area contributed by atoms with Crippen molar-refractivity contribution >= 4 is 0 Å². The van der Waals surface area contributed by atoms with Gasteiger partial charge in [-0.2, -0.15) is 0 Å². The normalized spacial score (nSPS) is 18.0. The number of rotatable bonds is 10. The van der Waals surface area contributed by atoms with Crippen LogP contribution in [-0.4, -0.2) is 63.1 Å². The maximum absolute atomic E-state index is 9.57. The summed E-state index contributed by atoms with van der Waals surface area (Å²) in [6.07, 6.45) is 3.47. The highest BCUT2D eigenvalue weighted by Gasteiger charge is 2.20. The number of ether oxygens (including phenoxy) is 1. The summed E-state index contributed by atoms with van der Waals surface area (Å²) in [6.45, 7) is 4.09. The summed E-state index contributed by atoms with van der Waals surface area (Å²) in [5.41, 5.74) is 0. The van der Waals surface area contributed by atoms with Crippen LogP contribution >= 0.6 is 0 Å². The number of likely N-dealkylation sites (N-methyl/N-ethyl adjacent to an activating group) is 1. The Bertz CT molecular complexity index is 172. The van der Waals surface area contributed by atoms with Crippen LogP contribution in [0.25, 0.3) is 0 Å². The molecule has 1 atom stereocenters. The van der Waals surface area contributed by atoms with Crippen LogP contribution in [0.15, 0.2) is 0 Å². The molecule has 1 rings (SSSR count). The van der Waals surface area contributed by atoms with Crippen LogP contribution in [0.2, 0.25) is 0 Å². The zero-order valence-corrected chi connectivity index (χ0v) is 10.6. The van der Waals surface area contributed by atoms with Crippen molar-refractivity contribution in [2.75, 3.05) is 46.9 Å². The molecule has 0 amide bonds. The molecule has 2 N–H and O–H groups in total. The predicted octanol–water partition coefficient (Wildman–Crippen LogP) is 0.315. The molecular weight excluding hydrogens is 204 g/mol. The Labute approximate surface area is 99.0 Å². The first kappa shape index (κ1) is 13.9. The molecular formula is C12H26N2O2. The highest BCUT2D eigenvalue weighted by atomic mass is 16.5. The molecule has 0 heterocycles. The van der Waals surface area contributed by atoms with Crippen LogP contribution in [0, 0.1) is 5.92 Å². The van der Waals surface area contributed by atoms with Gasteiger partial charge in [-0.25, -0.2) is 0 Å². The van der Waals surface area contributed by atoms with Crippen LogP contribution in [0.1, 0.15) is 19.3 Å². The number of nitrogens with one attached hydrogen (secondary N) is 1. The lowest BCUT2D eigenvalue weighted by Gasteiger charge is -2.16. The highest BCUT2D eigenvalue weighted by molar-refractivity contribution is 4.71. The predicted molar refractivity (Wildman–Crippen MR) is 65.6 cm³/mol. The molecule has 1 fully saturated rings. The summed E-state index contributed by atoms with van der Waals surface area (Å²) < 4.78 is 5.52. The fourth-order valence-corrected chi connectivity index (χ4v) is 1.59. The third kappa shape index (κ3) is 8.05. The molecule has 0 radical (unpaired) electrons. The number of aliphatic hydroxyl groups is 1. The Balaban J connectivity index is 1.76. The van der Waals surface area contributed by atoms with Crippen LogP contribution in [0.5, 0.6) is 0 Å². The zero-order chi connectivity index (χ0) is 11.8. The summed E-state index contributed by atoms with van der Waals surface area (Å²) in [5, 5.41) is 12.8. The van der Waals surface area contributed by atoms with Crippen molar-refractivity contribution in [2.24, 2.45) is 5.92 Å². The molecule has 1 aliphatic rings. The number of nitrogens with zero attached hydrogens (tertiary/aromatic N) is 1. The molecule has 0 aromatic carbocycles. The van der Waals surface area contributed by atoms with Gasteiger partial charge in [-0.05, 0) is 45.8 Å². The van der Waals surface area contributed by atoms with Crippen LogP contribution in [0.3, 0.4) is 0 Å². The van der Waals surface area contributed by atoms with E-state index in [0.717, 1.165) is 32.1 Å². The van der Waals surface area contributed by atoms with Crippen molar-refractivity contribution in [3.05, 3.63) is 0 Å². The molecule has 0 aliphatic heterocycles. The second kappa shape index (κ2) is 8.01. The van der Waals surface area contributed by atoms with Crippen molar-refractivity contribution in [3.8, 4) is 0 Å². The Hall–Kier alpha value is -0.160. The number of aliphatic hydroxyl groups excluding tert-OH is 1. The van der Waals surface area contributed by atoms with E-state index in [-0.39, 0.29) is 6.10 Å². The van der Waals surface area contributed by atoms with Gasteiger partial charge < -0.3 is 20.1 Å². The molecule has 1 saturated carbocycles. The molecule has 0 bridgehead atoms. The van der Waals surface area contributed by atoms with Gasteiger partial charge in [-0.3, -0.25) is 0 Å². The standard InChI is InChI=1S/C12H26N2O2/c1-14(2)9-12(15)8-13-6-3-7-16-10-11-4-5-11/h11-13,15H,3-10H2,1-2H3. The first-order valence-electron chi connectivity index (χ1n) is 6.29. The van der Waals surface area contributed by atoms with E-state index in [4.69, 9.17) is 4.74 Å². The minimum atomic E-state index is -0.276. The van der Waals surface area contributed by atoms with E-state index in [9.17, 15) is 5.11 Å². The van der Waals surface area contributed by atoms with Crippen LogP contribution in [0.4, 0.5) is 0 Å². The zero-order valence-electron chi connectivity index (χ0n) is 10.6. The first-order chi connectivity index (χ1) is 7.68. The van der Waals surface area contributed by atoms with Crippen LogP contribution < -0.4 is 5.32 Å². The van der Waals surface area contributed by atoms with E-state index in [0.29, 0.717) is 13.1 Å². The Kier molecular flexibility index (Phi) is 6.96. The van der Waals surface area contributed by atoms with E-state index in [2.05, 4.69) is 5.32 Å². The maximum Gasteiger partial charge on any atom is 0.0791 e. The van der Waals surface area contributed by atoms with E-state index in [1.165, 1.54) is 12.8 Å². The van der Waals surface area contributed by atoms with Gasteiger partial charge in [0.15, 0.2) is 0 Å². The lowest BCUT2D eigenvalue weighted by atomic mass is 10.3. The lowest BCUT2D eigenvalue weighted by Crippen LogP contribution is -2.35. The second-order valence-electron chi connectivity index (χ2n) is 4.99. The van der Waals surface area contributed by atoms with Gasteiger partial charge in [-0.1, -0.05) is 0 Å². The Morgan fingerprint density at radius 1 is 1.44 bits per heavy atom. The van der Waals surface area contributed by atoms with Gasteiger partial charge in [0.2, 0.25) is 0 Å². The SMILES string of the molecule is CN(C)CC(O)CNCCCOCC1CC1. The first-order valence-corrected chi connectivity index (χ1v) is 6.29. The molecule has 96 valence electrons. The van der Waals surface area contributed by atoms with Crippen molar-refractivity contribution in [1.82, 2.24) is 10.2 Å². The van der Waals surface area contributed by atoms with Gasteiger partial charge >= 0.3 is 0 Å². The van der Waals surface area contributed by atoms with E-state index >= 15 is 0 Å². The molecule has 16 heavy (non-hydrogen) atoms. The molecule has 4 nitrogen and oxygen atoms in total. The fourth-order valence-electron chi connectivity index (χ4n) is 1.59. The summed E-state index contributed by atoms with van der Waals surface area (Å²) in [7, 11) is 3.93. The van der Waals surface area contributed by atoms with Crippen molar-refractivity contribution in [3.63, 3.8) is 0 Å². The second-order valence-corrected chi connectivity index (χ2v) is 4.99. The lowest BCUT2D eigenvalue weighted by molar-refractivity contribution is 0.116. The minimum Gasteiger partial charge on any atom is -0.390 e. The molecule has 0 spiro atoms. The fraction of sp³-hybridized carbons (Fsp3) is 1.00. The molecule has 0 aromatic heterocycles. The van der Waals surface area contributed by atoms with Gasteiger partial charge in [-0.15, -0.1) is 0 Å². The van der Waals surface area contributed by atoms with E-state index in [1.807, 2.05) is 19.0 Å². The molecule has 0 aromatic rings. The van der Waals surface area contributed by atoms with E-state index < -0.39 is 0 Å². The highest BCUT2D eigenvalue weighted by Crippen LogP contribution is 2.28. The third-order valence-corrected chi connectivity index (χ3v) is 2.65. The van der Waals surface area contributed by atoms with E-state index in [1.54, 1.807) is 0 Å². The minimum absolute atomic E-state index is 0.276. The molecule has 1 aliphatic carbocycles. The molecule has 1 unspecified atom stereocenters. The third-order valence-electron chi connectivity index (χ3n) is 2.65. The quantitative estimate of drug-likeness (QED) is 0.530. The average Bonchev–Trinajstić information content (AvgIpc) is 2.99. The van der Waals surface area contributed by atoms with Crippen molar-refractivity contribution in [2.45, 2.75) is 25.4 Å². The average molecular weight is 230 g/mol. The van der Waals surface area contributed by atoms with Gasteiger partial charge in [0.25, 0.3) is 0 Å². The van der Waals surface area contributed by atoms with Gasteiger partial charge in [0.05, 0.1) is 6.10 Å². The number of hydrogen-bond acceptors (Lipinski definition) is 4. The molecule has 0 saturated heterocycles. The summed E-state index contributed by atoms with van der Waals surface area (Å²) in [4.78, 5) is 1.99. The van der Waals surface area contributed by atoms with Crippen LogP contribution in [-0.2, 0) is 4.74 Å². The van der Waals surface area contributed by atoms with Gasteiger partial charge in [0, 0.05) is 26.3 Å². The Morgan fingerprint density at radius 2 is 2.19 bits per heavy atom. The largest absolute Gasteiger partial charge is 0.390 e. The summed E-state index contributed by atoms with van der Waals surface area (Å²) in [5.74, 6) is 0.856. The molecule has 4 heteroatoms. The maximum atomic E-state index is 9.57. The monoisotopic (exact) mass is 230 g/mol. The Morgan fingerprint density at radius 3 is 2.81 bits per heavy atom. The summed E-state index contributed by atoms with van der Waals surface area (Å²) >= 11 is 0.